The minimum atomic E-state index is -1.20. The molecular weight excluding hydrogens is 419 g/mol. The normalized spacial score (nSPS) is 11.5. The van der Waals surface area contributed by atoms with Gasteiger partial charge in [-0.05, 0) is 37.4 Å². The fourth-order valence-electron chi connectivity index (χ4n) is 3.12. The van der Waals surface area contributed by atoms with Crippen LogP contribution < -0.4 is 5.06 Å². The Morgan fingerprint density at radius 2 is 1.87 bits per heavy atom. The lowest BCUT2D eigenvalue weighted by atomic mass is 10.1. The Balaban J connectivity index is 1.98. The number of benzene rings is 2. The summed E-state index contributed by atoms with van der Waals surface area (Å²) in [6.45, 7) is 6.40. The predicted octanol–water partition coefficient (Wildman–Crippen LogP) is 4.74. The summed E-state index contributed by atoms with van der Waals surface area (Å²) >= 11 is 5.72. The standard InChI is InChI=1S/C20H21ClF3N5O/c1-3-28(4-2)8-7-16-26-18-12(10-15(23)17(24)19(18)27-16)20(25)29(30)11-5-6-14(22)13(21)9-11/h5-6,9-10,25,30H,3-4,7-8H2,1-2H3,(H,26,27). The van der Waals surface area contributed by atoms with Crippen molar-refractivity contribution in [1.82, 2.24) is 14.9 Å². The highest BCUT2D eigenvalue weighted by Crippen LogP contribution is 2.27. The summed E-state index contributed by atoms with van der Waals surface area (Å²) in [6.07, 6.45) is 0.473. The van der Waals surface area contributed by atoms with Gasteiger partial charge in [-0.15, -0.1) is 0 Å². The van der Waals surface area contributed by atoms with Gasteiger partial charge in [-0.2, -0.15) is 0 Å². The van der Waals surface area contributed by atoms with Crippen LogP contribution in [0.2, 0.25) is 5.02 Å². The molecule has 0 saturated carbocycles. The maximum absolute atomic E-state index is 14.3. The topological polar surface area (TPSA) is 79.2 Å². The molecule has 160 valence electrons. The van der Waals surface area contributed by atoms with Gasteiger partial charge in [0, 0.05) is 18.5 Å². The quantitative estimate of drug-likeness (QED) is 0.282. The number of amidine groups is 1. The highest BCUT2D eigenvalue weighted by molar-refractivity contribution is 6.31. The van der Waals surface area contributed by atoms with E-state index in [1.807, 2.05) is 13.8 Å². The zero-order valence-electron chi connectivity index (χ0n) is 16.4. The third-order valence-corrected chi connectivity index (χ3v) is 5.17. The molecule has 0 unspecified atom stereocenters. The summed E-state index contributed by atoms with van der Waals surface area (Å²) < 4.78 is 41.9. The van der Waals surface area contributed by atoms with Crippen LogP contribution in [0.4, 0.5) is 18.9 Å². The number of rotatable bonds is 7. The van der Waals surface area contributed by atoms with Crippen molar-refractivity contribution in [3.63, 3.8) is 0 Å². The van der Waals surface area contributed by atoms with Gasteiger partial charge in [0.15, 0.2) is 17.5 Å². The van der Waals surface area contributed by atoms with Crippen LogP contribution in [0.5, 0.6) is 0 Å². The van der Waals surface area contributed by atoms with Gasteiger partial charge in [-0.1, -0.05) is 25.4 Å². The molecule has 2 aromatic carbocycles. The number of anilines is 1. The first kappa shape index (κ1) is 22.1. The van der Waals surface area contributed by atoms with Gasteiger partial charge in [-0.25, -0.2) is 23.2 Å². The van der Waals surface area contributed by atoms with Crippen molar-refractivity contribution in [2.45, 2.75) is 20.3 Å². The van der Waals surface area contributed by atoms with E-state index in [9.17, 15) is 18.4 Å². The number of aromatic nitrogens is 2. The van der Waals surface area contributed by atoms with Crippen LogP contribution in [0.25, 0.3) is 11.0 Å². The van der Waals surface area contributed by atoms with Crippen LogP contribution >= 0.6 is 11.6 Å². The molecule has 0 amide bonds. The number of fused-ring (bicyclic) bond motifs is 1. The number of hydrogen-bond acceptors (Lipinski definition) is 4. The molecular formula is C20H21ClF3N5O. The highest BCUT2D eigenvalue weighted by Gasteiger charge is 2.23. The van der Waals surface area contributed by atoms with Crippen molar-refractivity contribution in [2.75, 3.05) is 24.7 Å². The van der Waals surface area contributed by atoms with E-state index in [2.05, 4.69) is 14.9 Å². The first-order valence-corrected chi connectivity index (χ1v) is 9.76. The van der Waals surface area contributed by atoms with Gasteiger partial charge in [0.25, 0.3) is 0 Å². The van der Waals surface area contributed by atoms with Crippen LogP contribution in [0.1, 0.15) is 25.2 Å². The Kier molecular flexibility index (Phi) is 6.64. The van der Waals surface area contributed by atoms with Gasteiger partial charge < -0.3 is 9.88 Å². The molecule has 0 bridgehead atoms. The minimum Gasteiger partial charge on any atom is -0.341 e. The molecule has 6 nitrogen and oxygen atoms in total. The number of hydroxylamine groups is 1. The van der Waals surface area contributed by atoms with Crippen LogP contribution in [0, 0.1) is 22.9 Å². The maximum atomic E-state index is 14.3. The summed E-state index contributed by atoms with van der Waals surface area (Å²) in [5.74, 6) is -3.15. The van der Waals surface area contributed by atoms with Gasteiger partial charge >= 0.3 is 0 Å². The van der Waals surface area contributed by atoms with Gasteiger partial charge in [0.05, 0.1) is 16.2 Å². The van der Waals surface area contributed by atoms with E-state index < -0.39 is 23.3 Å². The minimum absolute atomic E-state index is 0.00875. The SMILES string of the molecule is CCN(CC)CCc1nc2c(F)c(F)cc(C(=N)N(O)c3ccc(F)c(Cl)c3)c2[nH]1. The average Bonchev–Trinajstić information content (AvgIpc) is 3.17. The molecule has 1 aromatic heterocycles. The number of nitrogens with one attached hydrogen (secondary N) is 2. The number of nitrogens with zero attached hydrogens (tertiary/aromatic N) is 3. The molecule has 0 aliphatic heterocycles. The van der Waals surface area contributed by atoms with Crippen molar-refractivity contribution in [3.05, 3.63) is 58.1 Å². The molecule has 0 atom stereocenters. The lowest BCUT2D eigenvalue weighted by Crippen LogP contribution is -2.27. The molecule has 3 N–H and O–H groups in total. The van der Waals surface area contributed by atoms with Crippen LogP contribution in [0.3, 0.4) is 0 Å². The monoisotopic (exact) mass is 439 g/mol. The Morgan fingerprint density at radius 3 is 2.50 bits per heavy atom. The van der Waals surface area contributed by atoms with Crippen molar-refractivity contribution in [3.8, 4) is 0 Å². The third kappa shape index (κ3) is 4.28. The summed E-state index contributed by atoms with van der Waals surface area (Å²) in [5, 5.41) is 18.8. The molecule has 0 aliphatic carbocycles. The smallest absolute Gasteiger partial charge is 0.186 e. The summed E-state index contributed by atoms with van der Waals surface area (Å²) in [5.41, 5.74) is -0.283. The van der Waals surface area contributed by atoms with Crippen molar-refractivity contribution < 1.29 is 18.4 Å². The molecule has 10 heteroatoms. The summed E-state index contributed by atoms with van der Waals surface area (Å²) in [4.78, 5) is 9.24. The van der Waals surface area contributed by atoms with E-state index in [1.165, 1.54) is 6.07 Å². The lowest BCUT2D eigenvalue weighted by molar-refractivity contribution is 0.306. The third-order valence-electron chi connectivity index (χ3n) is 4.88. The maximum Gasteiger partial charge on any atom is 0.186 e. The second kappa shape index (κ2) is 9.03. The van der Waals surface area contributed by atoms with Crippen LogP contribution in [-0.2, 0) is 6.42 Å². The Hall–Kier alpha value is -2.62. The van der Waals surface area contributed by atoms with E-state index >= 15 is 0 Å². The van der Waals surface area contributed by atoms with E-state index in [0.717, 1.165) is 31.3 Å². The largest absolute Gasteiger partial charge is 0.341 e. The zero-order chi connectivity index (χ0) is 22.0. The number of aromatic amines is 1. The molecule has 0 aliphatic rings. The summed E-state index contributed by atoms with van der Waals surface area (Å²) in [7, 11) is 0. The molecule has 30 heavy (non-hydrogen) atoms. The van der Waals surface area contributed by atoms with Crippen LogP contribution in [0.15, 0.2) is 24.3 Å². The van der Waals surface area contributed by atoms with E-state index in [4.69, 9.17) is 17.0 Å². The zero-order valence-corrected chi connectivity index (χ0v) is 17.2. The Labute approximate surface area is 176 Å². The number of imidazole rings is 1. The first-order valence-electron chi connectivity index (χ1n) is 9.38. The highest BCUT2D eigenvalue weighted by atomic mass is 35.5. The molecule has 0 spiro atoms. The van der Waals surface area contributed by atoms with Gasteiger partial charge in [0.1, 0.15) is 17.2 Å². The molecule has 0 radical (unpaired) electrons. The van der Waals surface area contributed by atoms with Gasteiger partial charge in [0.2, 0.25) is 0 Å². The molecule has 0 fully saturated rings. The molecule has 1 heterocycles. The summed E-state index contributed by atoms with van der Waals surface area (Å²) in [6, 6.07) is 4.15. The number of hydrogen-bond donors (Lipinski definition) is 3. The van der Waals surface area contributed by atoms with Crippen molar-refractivity contribution in [2.24, 2.45) is 0 Å². The van der Waals surface area contributed by atoms with Crippen molar-refractivity contribution >= 4 is 34.2 Å². The molecule has 3 rings (SSSR count). The van der Waals surface area contributed by atoms with E-state index in [-0.39, 0.29) is 27.3 Å². The second-order valence-electron chi connectivity index (χ2n) is 6.66. The lowest BCUT2D eigenvalue weighted by Gasteiger charge is -2.18. The second-order valence-corrected chi connectivity index (χ2v) is 7.07. The molecule has 3 aromatic rings. The molecule has 0 saturated heterocycles. The Morgan fingerprint density at radius 1 is 1.17 bits per heavy atom. The first-order chi connectivity index (χ1) is 14.3. The van der Waals surface area contributed by atoms with Crippen molar-refractivity contribution in [1.29, 1.82) is 5.41 Å². The predicted molar refractivity (Wildman–Crippen MR) is 110 cm³/mol. The number of likely N-dealkylation sites (N-methyl/N-ethyl adjacent to an activating group) is 1. The van der Waals surface area contributed by atoms with E-state index in [0.29, 0.717) is 23.9 Å². The Bertz CT molecular complexity index is 1080. The number of H-pyrrole nitrogens is 1. The van der Waals surface area contributed by atoms with Crippen LogP contribution in [-0.4, -0.2) is 45.5 Å². The average molecular weight is 440 g/mol. The van der Waals surface area contributed by atoms with Gasteiger partial charge in [-0.3, -0.25) is 10.6 Å². The number of halogens is 4. The van der Waals surface area contributed by atoms with E-state index in [1.54, 1.807) is 0 Å². The fraction of sp³-hybridized carbons (Fsp3) is 0.300. The fourth-order valence-corrected chi connectivity index (χ4v) is 3.30.